The highest BCUT2D eigenvalue weighted by atomic mass is 35.5. The van der Waals surface area contributed by atoms with E-state index in [1.807, 2.05) is 42.5 Å². The Hall–Kier alpha value is -2.29. The quantitative estimate of drug-likeness (QED) is 0.583. The molecule has 0 heterocycles. The van der Waals surface area contributed by atoms with Crippen LogP contribution in [0.4, 0.5) is 0 Å². The molecule has 0 aliphatic carbocycles. The lowest BCUT2D eigenvalue weighted by atomic mass is 10.1. The first kappa shape index (κ1) is 17.5. The zero-order valence-electron chi connectivity index (χ0n) is 14.3. The van der Waals surface area contributed by atoms with Gasteiger partial charge in [0, 0.05) is 23.2 Å². The van der Waals surface area contributed by atoms with Gasteiger partial charge in [-0.05, 0) is 36.2 Å². The molecule has 1 atom stereocenters. The van der Waals surface area contributed by atoms with Crippen LogP contribution in [0.3, 0.4) is 0 Å². The first-order valence-electron chi connectivity index (χ1n) is 8.46. The van der Waals surface area contributed by atoms with E-state index in [1.165, 1.54) is 5.56 Å². The Labute approximate surface area is 154 Å². The third-order valence-electron chi connectivity index (χ3n) is 4.16. The van der Waals surface area contributed by atoms with Crippen molar-refractivity contribution in [3.63, 3.8) is 0 Å². The van der Waals surface area contributed by atoms with E-state index in [2.05, 4.69) is 48.6 Å². The van der Waals surface area contributed by atoms with Gasteiger partial charge in [-0.2, -0.15) is 0 Å². The summed E-state index contributed by atoms with van der Waals surface area (Å²) in [5.41, 5.74) is 3.47. The van der Waals surface area contributed by atoms with Gasteiger partial charge in [-0.3, -0.25) is 0 Å². The summed E-state index contributed by atoms with van der Waals surface area (Å²) in [6.45, 7) is 3.40. The predicted molar refractivity (Wildman–Crippen MR) is 104 cm³/mol. The zero-order chi connectivity index (χ0) is 17.5. The maximum Gasteiger partial charge on any atom is 0.124 e. The molecule has 3 rings (SSSR count). The van der Waals surface area contributed by atoms with Crippen LogP contribution in [0.15, 0.2) is 78.9 Å². The van der Waals surface area contributed by atoms with E-state index in [-0.39, 0.29) is 6.04 Å². The standard InChI is InChI=1S/C22H22ClNO/c1-17(19-10-6-3-7-11-19)24-15-20-14-21(23)12-13-22(20)25-16-18-8-4-2-5-9-18/h2-14,17,24H,15-16H2,1H3. The Kier molecular flexibility index (Phi) is 6.10. The normalized spacial score (nSPS) is 11.9. The number of benzene rings is 3. The lowest BCUT2D eigenvalue weighted by Crippen LogP contribution is -2.18. The molecule has 2 nitrogen and oxygen atoms in total. The van der Waals surface area contributed by atoms with Crippen molar-refractivity contribution in [1.29, 1.82) is 0 Å². The van der Waals surface area contributed by atoms with Crippen LogP contribution in [0.2, 0.25) is 5.02 Å². The Morgan fingerprint density at radius 1 is 0.920 bits per heavy atom. The fraction of sp³-hybridized carbons (Fsp3) is 0.182. The summed E-state index contributed by atoms with van der Waals surface area (Å²) < 4.78 is 6.02. The molecule has 0 saturated heterocycles. The molecule has 3 aromatic rings. The lowest BCUT2D eigenvalue weighted by Gasteiger charge is -2.17. The van der Waals surface area contributed by atoms with Gasteiger partial charge < -0.3 is 10.1 Å². The van der Waals surface area contributed by atoms with Crippen LogP contribution in [-0.4, -0.2) is 0 Å². The van der Waals surface area contributed by atoms with E-state index in [4.69, 9.17) is 16.3 Å². The van der Waals surface area contributed by atoms with E-state index in [0.717, 1.165) is 21.9 Å². The number of halogens is 1. The Bertz CT molecular complexity index is 790. The molecule has 0 amide bonds. The average molecular weight is 352 g/mol. The fourth-order valence-electron chi connectivity index (χ4n) is 2.68. The van der Waals surface area contributed by atoms with Gasteiger partial charge in [0.15, 0.2) is 0 Å². The van der Waals surface area contributed by atoms with Gasteiger partial charge in [-0.15, -0.1) is 0 Å². The molecule has 0 spiro atoms. The molecule has 0 radical (unpaired) electrons. The molecule has 0 aliphatic heterocycles. The summed E-state index contributed by atoms with van der Waals surface area (Å²) in [5.74, 6) is 0.862. The van der Waals surface area contributed by atoms with Crippen LogP contribution in [0, 0.1) is 0 Å². The maximum atomic E-state index is 6.18. The molecule has 0 saturated carbocycles. The molecule has 1 unspecified atom stereocenters. The molecule has 3 heteroatoms. The molecule has 0 fully saturated rings. The Morgan fingerprint density at radius 3 is 2.32 bits per heavy atom. The smallest absolute Gasteiger partial charge is 0.124 e. The molecule has 3 aromatic carbocycles. The van der Waals surface area contributed by atoms with Crippen LogP contribution in [0.1, 0.15) is 29.7 Å². The third kappa shape index (κ3) is 5.09. The maximum absolute atomic E-state index is 6.18. The summed E-state index contributed by atoms with van der Waals surface area (Å²) in [6, 6.07) is 26.6. The summed E-state index contributed by atoms with van der Waals surface area (Å²) in [7, 11) is 0. The van der Waals surface area contributed by atoms with Gasteiger partial charge >= 0.3 is 0 Å². The number of hydrogen-bond donors (Lipinski definition) is 1. The monoisotopic (exact) mass is 351 g/mol. The van der Waals surface area contributed by atoms with Gasteiger partial charge in [0.05, 0.1) is 0 Å². The van der Waals surface area contributed by atoms with E-state index in [9.17, 15) is 0 Å². The van der Waals surface area contributed by atoms with Crippen LogP contribution < -0.4 is 10.1 Å². The minimum atomic E-state index is 0.252. The van der Waals surface area contributed by atoms with Crippen LogP contribution >= 0.6 is 11.6 Å². The number of hydrogen-bond acceptors (Lipinski definition) is 2. The van der Waals surface area contributed by atoms with E-state index < -0.39 is 0 Å². The molecule has 25 heavy (non-hydrogen) atoms. The van der Waals surface area contributed by atoms with Gasteiger partial charge in [-0.1, -0.05) is 72.3 Å². The van der Waals surface area contributed by atoms with Crippen LogP contribution in [0.5, 0.6) is 5.75 Å². The van der Waals surface area contributed by atoms with Gasteiger partial charge in [-0.25, -0.2) is 0 Å². The number of rotatable bonds is 7. The molecule has 0 bridgehead atoms. The van der Waals surface area contributed by atoms with Crippen molar-refractivity contribution in [1.82, 2.24) is 5.32 Å². The van der Waals surface area contributed by atoms with E-state index in [1.54, 1.807) is 0 Å². The minimum Gasteiger partial charge on any atom is -0.489 e. The molecule has 128 valence electrons. The van der Waals surface area contributed by atoms with Gasteiger partial charge in [0.25, 0.3) is 0 Å². The second-order valence-electron chi connectivity index (χ2n) is 6.04. The second kappa shape index (κ2) is 8.70. The largest absolute Gasteiger partial charge is 0.489 e. The highest BCUT2D eigenvalue weighted by Gasteiger charge is 2.09. The third-order valence-corrected chi connectivity index (χ3v) is 4.39. The van der Waals surface area contributed by atoms with Gasteiger partial charge in [0.1, 0.15) is 12.4 Å². The molecular formula is C22H22ClNO. The SMILES string of the molecule is CC(NCc1cc(Cl)ccc1OCc1ccccc1)c1ccccc1. The first-order chi connectivity index (χ1) is 12.2. The first-order valence-corrected chi connectivity index (χ1v) is 8.83. The Balaban J connectivity index is 1.66. The van der Waals surface area contributed by atoms with Crippen molar-refractivity contribution in [3.05, 3.63) is 101 Å². The van der Waals surface area contributed by atoms with Crippen molar-refractivity contribution >= 4 is 11.6 Å². The van der Waals surface area contributed by atoms with Crippen molar-refractivity contribution < 1.29 is 4.74 Å². The zero-order valence-corrected chi connectivity index (χ0v) is 15.0. The van der Waals surface area contributed by atoms with Gasteiger partial charge in [0.2, 0.25) is 0 Å². The summed E-state index contributed by atoms with van der Waals surface area (Å²) >= 11 is 6.18. The topological polar surface area (TPSA) is 21.3 Å². The molecule has 1 N–H and O–H groups in total. The number of ether oxygens (including phenoxy) is 1. The minimum absolute atomic E-state index is 0.252. The highest BCUT2D eigenvalue weighted by molar-refractivity contribution is 6.30. The van der Waals surface area contributed by atoms with Crippen molar-refractivity contribution in [3.8, 4) is 5.75 Å². The fourth-order valence-corrected chi connectivity index (χ4v) is 2.88. The van der Waals surface area contributed by atoms with E-state index >= 15 is 0 Å². The summed E-state index contributed by atoms with van der Waals surface area (Å²) in [4.78, 5) is 0. The van der Waals surface area contributed by atoms with E-state index in [0.29, 0.717) is 13.2 Å². The Morgan fingerprint density at radius 2 is 1.60 bits per heavy atom. The molecule has 0 aromatic heterocycles. The van der Waals surface area contributed by atoms with Crippen LogP contribution in [0.25, 0.3) is 0 Å². The van der Waals surface area contributed by atoms with Crippen LogP contribution in [-0.2, 0) is 13.2 Å². The van der Waals surface area contributed by atoms with Crippen molar-refractivity contribution in [2.24, 2.45) is 0 Å². The average Bonchev–Trinajstić information content (AvgIpc) is 2.67. The molecule has 0 aliphatic rings. The lowest BCUT2D eigenvalue weighted by molar-refractivity contribution is 0.301. The van der Waals surface area contributed by atoms with Crippen molar-refractivity contribution in [2.45, 2.75) is 26.1 Å². The number of nitrogens with one attached hydrogen (secondary N) is 1. The predicted octanol–water partition coefficient (Wildman–Crippen LogP) is 5.77. The van der Waals surface area contributed by atoms with Crippen molar-refractivity contribution in [2.75, 3.05) is 0 Å². The summed E-state index contributed by atoms with van der Waals surface area (Å²) in [6.07, 6.45) is 0. The molecular weight excluding hydrogens is 330 g/mol. The highest BCUT2D eigenvalue weighted by Crippen LogP contribution is 2.25. The summed E-state index contributed by atoms with van der Waals surface area (Å²) in [5, 5.41) is 4.26. The second-order valence-corrected chi connectivity index (χ2v) is 6.48.